The predicted octanol–water partition coefficient (Wildman–Crippen LogP) is 5.73. The van der Waals surface area contributed by atoms with Crippen LogP contribution in [0.3, 0.4) is 0 Å². The second-order valence-electron chi connectivity index (χ2n) is 5.55. The minimum Gasteiger partial charge on any atom is -0.399 e. The summed E-state index contributed by atoms with van der Waals surface area (Å²) in [6.45, 7) is 7.54. The van der Waals surface area contributed by atoms with Gasteiger partial charge in [0.1, 0.15) is 5.65 Å². The Morgan fingerprint density at radius 2 is 1.96 bits per heavy atom. The van der Waals surface area contributed by atoms with Crippen LogP contribution in [0, 0.1) is 3.57 Å². The molecular weight excluding hydrogens is 421 g/mol. The topological polar surface area (TPSA) is 54.7 Å². The first-order valence-electron chi connectivity index (χ1n) is 7.78. The normalized spacial score (nSPS) is 12.0. The van der Waals surface area contributed by atoms with Crippen molar-refractivity contribution < 1.29 is 0 Å². The third-order valence-corrected chi connectivity index (χ3v) is 4.43. The van der Waals surface area contributed by atoms with Gasteiger partial charge in [0.2, 0.25) is 0 Å². The summed E-state index contributed by atoms with van der Waals surface area (Å²) in [5, 5.41) is 1.05. The number of hydrogen-bond donors (Lipinski definition) is 2. The van der Waals surface area contributed by atoms with Crippen LogP contribution in [-0.2, 0) is 0 Å². The molecule has 0 fully saturated rings. The molecule has 0 saturated heterocycles. The highest BCUT2D eigenvalue weighted by atomic mass is 127. The number of hydrogen-bond acceptors (Lipinski definition) is 2. The first-order valence-corrected chi connectivity index (χ1v) is 8.86. The molecule has 3 aromatic rings. The number of anilines is 1. The zero-order valence-electron chi connectivity index (χ0n) is 13.7. The number of fused-ring (bicyclic) bond motifs is 1. The largest absolute Gasteiger partial charge is 0.399 e. The van der Waals surface area contributed by atoms with Gasteiger partial charge in [0, 0.05) is 38.2 Å². The van der Waals surface area contributed by atoms with E-state index in [2.05, 4.69) is 57.8 Å². The monoisotopic (exact) mass is 439 g/mol. The Morgan fingerprint density at radius 1 is 1.12 bits per heavy atom. The number of nitrogen functional groups attached to an aromatic ring is 1. The SMILES string of the molecule is C=C/C=C\C(=C/C=C)c1c[nH]c2ncc(-c3cc(N)cc(I)c3)cc12. The van der Waals surface area contributed by atoms with Gasteiger partial charge in [-0.25, -0.2) is 4.98 Å². The van der Waals surface area contributed by atoms with Gasteiger partial charge < -0.3 is 10.7 Å². The molecule has 124 valence electrons. The standard InChI is InChI=1S/C21H18IN3/c1-3-5-7-14(6-4-2)20-13-25-21-19(20)10-16(12-24-21)15-8-17(22)11-18(23)9-15/h3-13H,1-2,23H2,(H,24,25)/b7-5-,14-6+. The predicted molar refractivity (Wildman–Crippen MR) is 116 cm³/mol. The Balaban J connectivity index is 2.17. The molecule has 1 aromatic carbocycles. The number of aromatic amines is 1. The molecule has 0 saturated carbocycles. The average Bonchev–Trinajstić information content (AvgIpc) is 3.01. The smallest absolute Gasteiger partial charge is 0.137 e. The fraction of sp³-hybridized carbons (Fsp3) is 0. The van der Waals surface area contributed by atoms with Crippen molar-refractivity contribution in [2.75, 3.05) is 5.73 Å². The number of nitrogens with zero attached hydrogens (tertiary/aromatic N) is 1. The number of nitrogens with one attached hydrogen (secondary N) is 1. The third kappa shape index (κ3) is 3.74. The maximum atomic E-state index is 5.99. The molecule has 25 heavy (non-hydrogen) atoms. The van der Waals surface area contributed by atoms with Gasteiger partial charge in [-0.15, -0.1) is 0 Å². The highest BCUT2D eigenvalue weighted by Gasteiger charge is 2.10. The lowest BCUT2D eigenvalue weighted by atomic mass is 10.0. The van der Waals surface area contributed by atoms with E-state index in [1.807, 2.05) is 42.8 Å². The van der Waals surface area contributed by atoms with Gasteiger partial charge in [-0.05, 0) is 58.0 Å². The molecule has 0 radical (unpaired) electrons. The summed E-state index contributed by atoms with van der Waals surface area (Å²) in [6, 6.07) is 8.15. The van der Waals surface area contributed by atoms with Crippen LogP contribution in [0.1, 0.15) is 5.56 Å². The van der Waals surface area contributed by atoms with Crippen molar-refractivity contribution in [3.8, 4) is 11.1 Å². The van der Waals surface area contributed by atoms with Crippen LogP contribution in [0.2, 0.25) is 0 Å². The number of aromatic nitrogens is 2. The van der Waals surface area contributed by atoms with E-state index >= 15 is 0 Å². The van der Waals surface area contributed by atoms with Gasteiger partial charge >= 0.3 is 0 Å². The van der Waals surface area contributed by atoms with Gasteiger partial charge in [0.15, 0.2) is 0 Å². The van der Waals surface area contributed by atoms with Gasteiger partial charge in [0.25, 0.3) is 0 Å². The van der Waals surface area contributed by atoms with Crippen molar-refractivity contribution in [2.24, 2.45) is 0 Å². The number of allylic oxidation sites excluding steroid dienone is 6. The first kappa shape index (κ1) is 17.2. The lowest BCUT2D eigenvalue weighted by Crippen LogP contribution is -1.89. The summed E-state index contributed by atoms with van der Waals surface area (Å²) in [4.78, 5) is 7.80. The van der Waals surface area contributed by atoms with Gasteiger partial charge in [-0.2, -0.15) is 0 Å². The molecule has 3 rings (SSSR count). The zero-order chi connectivity index (χ0) is 17.8. The Labute approximate surface area is 160 Å². The second kappa shape index (κ2) is 7.53. The van der Waals surface area contributed by atoms with Crippen LogP contribution in [0.5, 0.6) is 0 Å². The van der Waals surface area contributed by atoms with E-state index < -0.39 is 0 Å². The van der Waals surface area contributed by atoms with Crippen molar-refractivity contribution in [3.63, 3.8) is 0 Å². The quantitative estimate of drug-likeness (QED) is 0.303. The van der Waals surface area contributed by atoms with Crippen molar-refractivity contribution in [3.05, 3.63) is 89.3 Å². The number of benzene rings is 1. The van der Waals surface area contributed by atoms with Crippen LogP contribution >= 0.6 is 22.6 Å². The van der Waals surface area contributed by atoms with Crippen LogP contribution in [0.25, 0.3) is 27.7 Å². The van der Waals surface area contributed by atoms with E-state index in [9.17, 15) is 0 Å². The minimum atomic E-state index is 0.748. The lowest BCUT2D eigenvalue weighted by Gasteiger charge is -2.06. The summed E-state index contributed by atoms with van der Waals surface area (Å²) in [6.07, 6.45) is 13.2. The molecular formula is C21H18IN3. The molecule has 0 unspecified atom stereocenters. The van der Waals surface area contributed by atoms with Crippen LogP contribution in [0.15, 0.2) is 80.2 Å². The Kier molecular flexibility index (Phi) is 5.19. The molecule has 0 aliphatic carbocycles. The summed E-state index contributed by atoms with van der Waals surface area (Å²) in [5.74, 6) is 0. The Hall–Kier alpha value is -2.60. The van der Waals surface area contributed by atoms with E-state index in [4.69, 9.17) is 5.73 Å². The minimum absolute atomic E-state index is 0.748. The van der Waals surface area contributed by atoms with Crippen molar-refractivity contribution >= 4 is 44.9 Å². The average molecular weight is 439 g/mol. The van der Waals surface area contributed by atoms with Gasteiger partial charge in [0.05, 0.1) is 0 Å². The maximum Gasteiger partial charge on any atom is 0.137 e. The number of rotatable bonds is 5. The van der Waals surface area contributed by atoms with E-state index in [0.29, 0.717) is 0 Å². The number of pyridine rings is 1. The molecule has 0 amide bonds. The molecule has 3 nitrogen and oxygen atoms in total. The van der Waals surface area contributed by atoms with Crippen molar-refractivity contribution in [1.82, 2.24) is 9.97 Å². The number of nitrogens with two attached hydrogens (primary N) is 1. The van der Waals surface area contributed by atoms with Crippen molar-refractivity contribution in [1.29, 1.82) is 0 Å². The second-order valence-corrected chi connectivity index (χ2v) is 6.79. The summed E-state index contributed by atoms with van der Waals surface area (Å²) in [7, 11) is 0. The lowest BCUT2D eigenvalue weighted by molar-refractivity contribution is 1.32. The van der Waals surface area contributed by atoms with E-state index in [0.717, 1.165) is 42.6 Å². The third-order valence-electron chi connectivity index (χ3n) is 3.80. The fourth-order valence-electron chi connectivity index (χ4n) is 2.71. The molecule has 3 N–H and O–H groups in total. The van der Waals surface area contributed by atoms with Crippen LogP contribution < -0.4 is 5.73 Å². The van der Waals surface area contributed by atoms with Gasteiger partial charge in [-0.3, -0.25) is 0 Å². The molecule has 0 aliphatic heterocycles. The van der Waals surface area contributed by atoms with Gasteiger partial charge in [-0.1, -0.05) is 43.5 Å². The highest BCUT2D eigenvalue weighted by Crippen LogP contribution is 2.30. The summed E-state index contributed by atoms with van der Waals surface area (Å²) < 4.78 is 1.10. The van der Waals surface area contributed by atoms with Crippen LogP contribution in [-0.4, -0.2) is 9.97 Å². The molecule has 0 bridgehead atoms. The molecule has 0 aliphatic rings. The Bertz CT molecular complexity index is 989. The highest BCUT2D eigenvalue weighted by molar-refractivity contribution is 14.1. The zero-order valence-corrected chi connectivity index (χ0v) is 15.8. The van der Waals surface area contributed by atoms with E-state index in [1.54, 1.807) is 12.2 Å². The molecule has 2 aromatic heterocycles. The van der Waals surface area contributed by atoms with Crippen LogP contribution in [0.4, 0.5) is 5.69 Å². The van der Waals surface area contributed by atoms with Crippen molar-refractivity contribution in [2.45, 2.75) is 0 Å². The van der Waals surface area contributed by atoms with E-state index in [-0.39, 0.29) is 0 Å². The molecule has 2 heterocycles. The van der Waals surface area contributed by atoms with E-state index in [1.165, 1.54) is 0 Å². The fourth-order valence-corrected chi connectivity index (χ4v) is 3.41. The number of H-pyrrole nitrogens is 1. The summed E-state index contributed by atoms with van der Waals surface area (Å²) in [5.41, 5.74) is 11.8. The molecule has 0 spiro atoms. The number of halogens is 1. The maximum absolute atomic E-state index is 5.99. The molecule has 4 heteroatoms. The Morgan fingerprint density at radius 3 is 2.68 bits per heavy atom. The summed E-state index contributed by atoms with van der Waals surface area (Å²) >= 11 is 2.27. The first-order chi connectivity index (χ1) is 12.1. The molecule has 0 atom stereocenters.